The molecule has 0 spiro atoms. The molecule has 0 aromatic heterocycles. The van der Waals surface area contributed by atoms with Gasteiger partial charge in [0.1, 0.15) is 17.7 Å². The van der Waals surface area contributed by atoms with Crippen LogP contribution in [0.25, 0.3) is 10.8 Å². The van der Waals surface area contributed by atoms with E-state index >= 15 is 0 Å². The van der Waals surface area contributed by atoms with Crippen LogP contribution in [0.15, 0.2) is 84.9 Å². The standard InChI is InChI=1S/C27H20F5NO2/c28-22-8-4-3-7-21(22)25(34)24(15-16-9-11-17(12-10-16)27(30,31)32)33-26(35)20-13-14-23(29)19-6-2-1-5-18(19)20/h1-14,24-25,34H,15H2,(H,33,35). The SMILES string of the molecule is O=C(NC(Cc1ccc(C(F)(F)F)cc1)C(O)c1ccccc1F)c1ccc(F)c2ccccc12. The molecule has 1 amide bonds. The number of hydrogen-bond acceptors (Lipinski definition) is 2. The van der Waals surface area contributed by atoms with Crippen LogP contribution in [0.4, 0.5) is 22.0 Å². The highest BCUT2D eigenvalue weighted by Crippen LogP contribution is 2.30. The molecule has 0 fully saturated rings. The molecule has 4 aromatic rings. The van der Waals surface area contributed by atoms with Gasteiger partial charge in [-0.05, 0) is 47.7 Å². The first-order valence-electron chi connectivity index (χ1n) is 10.7. The Morgan fingerprint density at radius 2 is 1.43 bits per heavy atom. The van der Waals surface area contributed by atoms with Crippen LogP contribution in [0.2, 0.25) is 0 Å². The molecule has 3 nitrogen and oxygen atoms in total. The molecule has 0 aliphatic heterocycles. The Kier molecular flexibility index (Phi) is 6.84. The minimum Gasteiger partial charge on any atom is -0.386 e. The van der Waals surface area contributed by atoms with Crippen LogP contribution in [-0.4, -0.2) is 17.1 Å². The van der Waals surface area contributed by atoms with E-state index in [0.717, 1.165) is 24.3 Å². The molecule has 0 bridgehead atoms. The predicted molar refractivity (Wildman–Crippen MR) is 122 cm³/mol. The highest BCUT2D eigenvalue weighted by atomic mass is 19.4. The first-order valence-corrected chi connectivity index (χ1v) is 10.7. The summed E-state index contributed by atoms with van der Waals surface area (Å²) in [5.41, 5.74) is -0.384. The predicted octanol–water partition coefficient (Wildman–Crippen LogP) is 6.21. The van der Waals surface area contributed by atoms with E-state index in [1.165, 1.54) is 42.5 Å². The number of fused-ring (bicyclic) bond motifs is 1. The Balaban J connectivity index is 1.67. The number of hydrogen-bond donors (Lipinski definition) is 2. The number of aliphatic hydroxyl groups excluding tert-OH is 1. The van der Waals surface area contributed by atoms with Gasteiger partial charge in [-0.2, -0.15) is 13.2 Å². The second-order valence-electron chi connectivity index (χ2n) is 8.09. The molecule has 0 heterocycles. The Morgan fingerprint density at radius 1 is 0.800 bits per heavy atom. The van der Waals surface area contributed by atoms with E-state index in [0.29, 0.717) is 10.9 Å². The second kappa shape index (κ2) is 9.84. The Morgan fingerprint density at radius 3 is 2.09 bits per heavy atom. The summed E-state index contributed by atoms with van der Waals surface area (Å²) >= 11 is 0. The zero-order valence-corrected chi connectivity index (χ0v) is 18.2. The zero-order valence-electron chi connectivity index (χ0n) is 18.2. The number of aliphatic hydroxyl groups is 1. The fraction of sp³-hybridized carbons (Fsp3) is 0.148. The summed E-state index contributed by atoms with van der Waals surface area (Å²) in [5.74, 6) is -1.85. The number of nitrogens with one attached hydrogen (secondary N) is 1. The molecule has 0 radical (unpaired) electrons. The van der Waals surface area contributed by atoms with Crippen LogP contribution in [0.1, 0.15) is 33.2 Å². The van der Waals surface area contributed by atoms with E-state index in [9.17, 15) is 31.9 Å². The molecule has 0 saturated carbocycles. The molecule has 8 heteroatoms. The van der Waals surface area contributed by atoms with E-state index in [-0.39, 0.29) is 22.9 Å². The summed E-state index contributed by atoms with van der Waals surface area (Å²) in [6.45, 7) is 0. The smallest absolute Gasteiger partial charge is 0.386 e. The number of rotatable bonds is 6. The lowest BCUT2D eigenvalue weighted by Gasteiger charge is -2.25. The maximum Gasteiger partial charge on any atom is 0.416 e. The van der Waals surface area contributed by atoms with Crippen LogP contribution >= 0.6 is 0 Å². The summed E-state index contributed by atoms with van der Waals surface area (Å²) in [5, 5.41) is 14.2. The second-order valence-corrected chi connectivity index (χ2v) is 8.09. The van der Waals surface area contributed by atoms with Gasteiger partial charge in [0.15, 0.2) is 0 Å². The van der Waals surface area contributed by atoms with Crippen molar-refractivity contribution in [3.05, 3.63) is 119 Å². The van der Waals surface area contributed by atoms with Crippen molar-refractivity contribution < 1.29 is 31.9 Å². The molecule has 2 N–H and O–H groups in total. The normalized spacial score (nSPS) is 13.4. The van der Waals surface area contributed by atoms with Gasteiger partial charge < -0.3 is 10.4 Å². The minimum absolute atomic E-state index is 0.0753. The van der Waals surface area contributed by atoms with E-state index in [1.807, 2.05) is 0 Å². The molecule has 0 saturated heterocycles. The summed E-state index contributed by atoms with van der Waals surface area (Å²) in [6, 6.07) is 17.5. The van der Waals surface area contributed by atoms with Crippen molar-refractivity contribution in [2.45, 2.75) is 24.7 Å². The average Bonchev–Trinajstić information content (AvgIpc) is 2.83. The lowest BCUT2D eigenvalue weighted by atomic mass is 9.94. The fourth-order valence-corrected chi connectivity index (χ4v) is 3.96. The van der Waals surface area contributed by atoms with Gasteiger partial charge in [0.25, 0.3) is 5.91 Å². The molecule has 2 unspecified atom stereocenters. The molecule has 0 aliphatic carbocycles. The minimum atomic E-state index is -4.51. The molecule has 0 aliphatic rings. The Hall–Kier alpha value is -3.78. The van der Waals surface area contributed by atoms with Crippen LogP contribution in [0.3, 0.4) is 0 Å². The van der Waals surface area contributed by atoms with E-state index in [1.54, 1.807) is 18.2 Å². The molecule has 35 heavy (non-hydrogen) atoms. The van der Waals surface area contributed by atoms with Gasteiger partial charge in [0.2, 0.25) is 0 Å². The van der Waals surface area contributed by atoms with Crippen molar-refractivity contribution in [1.29, 1.82) is 0 Å². The number of halogens is 5. The van der Waals surface area contributed by atoms with Crippen LogP contribution in [0.5, 0.6) is 0 Å². The van der Waals surface area contributed by atoms with Crippen LogP contribution < -0.4 is 5.32 Å². The van der Waals surface area contributed by atoms with Gasteiger partial charge >= 0.3 is 6.18 Å². The third-order valence-electron chi connectivity index (χ3n) is 5.77. The highest BCUT2D eigenvalue weighted by Gasteiger charge is 2.31. The third kappa shape index (κ3) is 5.33. The van der Waals surface area contributed by atoms with Gasteiger partial charge in [0, 0.05) is 16.5 Å². The number of carbonyl (C=O) groups excluding carboxylic acids is 1. The maximum atomic E-state index is 14.4. The Labute approximate surface area is 197 Å². The van der Waals surface area contributed by atoms with Crippen molar-refractivity contribution in [2.24, 2.45) is 0 Å². The van der Waals surface area contributed by atoms with Crippen molar-refractivity contribution in [2.75, 3.05) is 0 Å². The first-order chi connectivity index (χ1) is 16.6. The number of amides is 1. The van der Waals surface area contributed by atoms with Gasteiger partial charge in [-0.25, -0.2) is 8.78 Å². The van der Waals surface area contributed by atoms with Crippen molar-refractivity contribution >= 4 is 16.7 Å². The summed E-state index contributed by atoms with van der Waals surface area (Å²) in [7, 11) is 0. The van der Waals surface area contributed by atoms with Crippen molar-refractivity contribution in [3.8, 4) is 0 Å². The first kappa shape index (κ1) is 24.3. The summed E-state index contributed by atoms with van der Waals surface area (Å²) in [4.78, 5) is 13.2. The quantitative estimate of drug-likeness (QED) is 0.319. The molecule has 180 valence electrons. The highest BCUT2D eigenvalue weighted by molar-refractivity contribution is 6.07. The summed E-state index contributed by atoms with van der Waals surface area (Å²) in [6.07, 6.45) is -6.10. The van der Waals surface area contributed by atoms with Crippen molar-refractivity contribution in [1.82, 2.24) is 5.32 Å². The van der Waals surface area contributed by atoms with E-state index < -0.39 is 41.4 Å². The molecular weight excluding hydrogens is 465 g/mol. The largest absolute Gasteiger partial charge is 0.416 e. The number of benzene rings is 4. The van der Waals surface area contributed by atoms with E-state index in [2.05, 4.69) is 5.32 Å². The lowest BCUT2D eigenvalue weighted by molar-refractivity contribution is -0.137. The van der Waals surface area contributed by atoms with Crippen LogP contribution in [0, 0.1) is 11.6 Å². The molecule has 4 rings (SSSR count). The Bertz CT molecular complexity index is 1350. The lowest BCUT2D eigenvalue weighted by Crippen LogP contribution is -2.41. The zero-order chi connectivity index (χ0) is 25.2. The van der Waals surface area contributed by atoms with E-state index in [4.69, 9.17) is 0 Å². The fourth-order valence-electron chi connectivity index (χ4n) is 3.96. The summed E-state index contributed by atoms with van der Waals surface area (Å²) < 4.78 is 67.4. The molecule has 2 atom stereocenters. The molecular formula is C27H20F5NO2. The maximum absolute atomic E-state index is 14.4. The topological polar surface area (TPSA) is 49.3 Å². The van der Waals surface area contributed by atoms with Gasteiger partial charge in [-0.15, -0.1) is 0 Å². The third-order valence-corrected chi connectivity index (χ3v) is 5.77. The monoisotopic (exact) mass is 485 g/mol. The van der Waals surface area contributed by atoms with Crippen molar-refractivity contribution in [3.63, 3.8) is 0 Å². The number of carbonyl (C=O) groups is 1. The van der Waals surface area contributed by atoms with Crippen LogP contribution in [-0.2, 0) is 12.6 Å². The molecule has 4 aromatic carbocycles. The van der Waals surface area contributed by atoms with Gasteiger partial charge in [-0.1, -0.05) is 54.6 Å². The number of alkyl halides is 3. The average molecular weight is 485 g/mol. The van der Waals surface area contributed by atoms with Gasteiger partial charge in [0.05, 0.1) is 11.6 Å². The van der Waals surface area contributed by atoms with Gasteiger partial charge in [-0.3, -0.25) is 4.79 Å².